The number of aromatic amines is 1. The summed E-state index contributed by atoms with van der Waals surface area (Å²) in [4.78, 5) is 35.2. The third kappa shape index (κ3) is 7.98. The van der Waals surface area contributed by atoms with Gasteiger partial charge in [0.1, 0.15) is 5.82 Å². The number of H-pyrrole nitrogens is 1. The fraction of sp³-hybridized carbons (Fsp3) is 0.633. The Hall–Kier alpha value is -3.03. The molecule has 1 aromatic carbocycles. The van der Waals surface area contributed by atoms with Gasteiger partial charge in [0.15, 0.2) is 11.5 Å². The van der Waals surface area contributed by atoms with Crippen LogP contribution in [0.2, 0.25) is 0 Å². The number of carbonyl (C=O) groups excluding carboxylic acids is 1. The topological polar surface area (TPSA) is 93.8 Å². The van der Waals surface area contributed by atoms with Gasteiger partial charge in [-0.1, -0.05) is 71.1 Å². The van der Waals surface area contributed by atoms with Gasteiger partial charge in [-0.05, 0) is 18.6 Å². The number of carbonyl (C=O) groups is 1. The molecular formula is C30H45N3O5. The minimum atomic E-state index is -0.217. The minimum Gasteiger partial charge on any atom is -0.493 e. The largest absolute Gasteiger partial charge is 0.493 e. The van der Waals surface area contributed by atoms with Crippen LogP contribution in [0, 0.1) is 0 Å². The number of benzene rings is 1. The first-order valence-corrected chi connectivity index (χ1v) is 14.2. The third-order valence-electron chi connectivity index (χ3n) is 7.35. The number of rotatable bonds is 16. The molecule has 0 spiro atoms. The van der Waals surface area contributed by atoms with Crippen LogP contribution in [0.4, 0.5) is 0 Å². The predicted octanol–water partition coefficient (Wildman–Crippen LogP) is 6.05. The maximum atomic E-state index is 13.0. The number of nitrogens with one attached hydrogen (secondary N) is 1. The van der Waals surface area contributed by atoms with Crippen LogP contribution >= 0.6 is 0 Å². The van der Waals surface area contributed by atoms with Crippen molar-refractivity contribution >= 4 is 5.91 Å². The molecule has 3 rings (SSSR count). The number of hydrogen-bond donors (Lipinski definition) is 1. The summed E-state index contributed by atoms with van der Waals surface area (Å²) in [6.07, 6.45) is 14.9. The maximum absolute atomic E-state index is 13.0. The van der Waals surface area contributed by atoms with Gasteiger partial charge >= 0.3 is 0 Å². The molecule has 2 heterocycles. The lowest BCUT2D eigenvalue weighted by Crippen LogP contribution is -2.39. The average Bonchev–Trinajstić information content (AvgIpc) is 2.94. The van der Waals surface area contributed by atoms with Crippen LogP contribution in [0.15, 0.2) is 16.9 Å². The van der Waals surface area contributed by atoms with E-state index in [1.807, 2.05) is 0 Å². The summed E-state index contributed by atoms with van der Waals surface area (Å²) < 4.78 is 16.3. The number of methoxy groups -OCH3 is 3. The number of hydrogen-bond acceptors (Lipinski definition) is 6. The third-order valence-corrected chi connectivity index (χ3v) is 7.35. The summed E-state index contributed by atoms with van der Waals surface area (Å²) in [5, 5.41) is 0. The Balaban J connectivity index is 1.51. The Morgan fingerprint density at radius 1 is 0.895 bits per heavy atom. The van der Waals surface area contributed by atoms with Crippen molar-refractivity contribution in [2.24, 2.45) is 0 Å². The second-order valence-electron chi connectivity index (χ2n) is 10.1. The molecule has 38 heavy (non-hydrogen) atoms. The van der Waals surface area contributed by atoms with E-state index < -0.39 is 0 Å². The lowest BCUT2D eigenvalue weighted by atomic mass is 10.0. The number of fused-ring (bicyclic) bond motifs is 1. The van der Waals surface area contributed by atoms with E-state index >= 15 is 0 Å². The van der Waals surface area contributed by atoms with Crippen LogP contribution in [0.1, 0.15) is 95.2 Å². The summed E-state index contributed by atoms with van der Waals surface area (Å²) in [5.41, 5.74) is 1.75. The second-order valence-corrected chi connectivity index (χ2v) is 10.1. The fourth-order valence-electron chi connectivity index (χ4n) is 5.09. The highest BCUT2D eigenvalue weighted by Crippen LogP contribution is 2.40. The Morgan fingerprint density at radius 3 is 2.03 bits per heavy atom. The van der Waals surface area contributed by atoms with Gasteiger partial charge in [0.25, 0.3) is 5.56 Å². The fourth-order valence-corrected chi connectivity index (χ4v) is 5.09. The number of nitrogens with zero attached hydrogens (tertiary/aromatic N) is 2. The normalized spacial score (nSPS) is 12.8. The Labute approximate surface area is 227 Å². The van der Waals surface area contributed by atoms with Crippen LogP contribution < -0.4 is 19.8 Å². The summed E-state index contributed by atoms with van der Waals surface area (Å²) in [6.45, 7) is 3.14. The quantitative estimate of drug-likeness (QED) is 0.267. The van der Waals surface area contributed by atoms with E-state index in [-0.39, 0.29) is 11.5 Å². The first kappa shape index (κ1) is 29.5. The van der Waals surface area contributed by atoms with Gasteiger partial charge in [0, 0.05) is 24.9 Å². The van der Waals surface area contributed by atoms with Crippen molar-refractivity contribution in [3.05, 3.63) is 33.7 Å². The van der Waals surface area contributed by atoms with E-state index in [9.17, 15) is 9.59 Å². The Bertz CT molecular complexity index is 1070. The van der Waals surface area contributed by atoms with Crippen LogP contribution in [-0.4, -0.2) is 48.6 Å². The van der Waals surface area contributed by atoms with Crippen molar-refractivity contribution in [3.8, 4) is 28.6 Å². The first-order chi connectivity index (χ1) is 18.5. The molecule has 1 aromatic heterocycles. The van der Waals surface area contributed by atoms with Crippen LogP contribution in [0.3, 0.4) is 0 Å². The molecule has 1 N–H and O–H groups in total. The SMILES string of the molecule is CCCCCCCCCCCCCC(=O)N1CCc2nc(-c3cc(OC)c(OC)c(OC)c3)[nH]c(=O)c2C1. The molecular weight excluding hydrogens is 482 g/mol. The van der Waals surface area contributed by atoms with E-state index in [0.717, 1.165) is 18.5 Å². The molecule has 0 unspecified atom stereocenters. The van der Waals surface area contributed by atoms with Crippen molar-refractivity contribution in [1.82, 2.24) is 14.9 Å². The van der Waals surface area contributed by atoms with Gasteiger partial charge in [-0.15, -0.1) is 0 Å². The zero-order valence-electron chi connectivity index (χ0n) is 23.7. The van der Waals surface area contributed by atoms with Crippen LogP contribution in [-0.2, 0) is 17.8 Å². The number of ether oxygens (including phenoxy) is 3. The highest BCUT2D eigenvalue weighted by molar-refractivity contribution is 5.76. The van der Waals surface area contributed by atoms with Crippen molar-refractivity contribution in [2.75, 3.05) is 27.9 Å². The molecule has 0 saturated carbocycles. The number of unbranched alkanes of at least 4 members (excludes halogenated alkanes) is 10. The molecule has 0 radical (unpaired) electrons. The smallest absolute Gasteiger partial charge is 0.256 e. The van der Waals surface area contributed by atoms with E-state index in [0.29, 0.717) is 60.1 Å². The van der Waals surface area contributed by atoms with Gasteiger partial charge in [-0.2, -0.15) is 0 Å². The molecule has 2 aromatic rings. The summed E-state index contributed by atoms with van der Waals surface area (Å²) in [7, 11) is 4.64. The second kappa shape index (κ2) is 15.4. The molecule has 0 fully saturated rings. The van der Waals surface area contributed by atoms with Gasteiger partial charge < -0.3 is 24.1 Å². The van der Waals surface area contributed by atoms with E-state index in [4.69, 9.17) is 19.2 Å². The van der Waals surface area contributed by atoms with Gasteiger partial charge in [0.2, 0.25) is 11.7 Å². The lowest BCUT2D eigenvalue weighted by Gasteiger charge is -2.28. The molecule has 0 saturated heterocycles. The van der Waals surface area contributed by atoms with Gasteiger partial charge in [-0.25, -0.2) is 4.98 Å². The first-order valence-electron chi connectivity index (χ1n) is 14.2. The van der Waals surface area contributed by atoms with Crippen molar-refractivity contribution < 1.29 is 19.0 Å². The standard InChI is InChI=1S/C30H45N3O5/c1-5-6-7-8-9-10-11-12-13-14-15-16-27(34)33-18-17-24-23(21-33)30(35)32-29(31-24)22-19-25(36-2)28(38-4)26(20-22)37-3/h19-20H,5-18,21H2,1-4H3,(H,31,32,35). The molecule has 1 amide bonds. The highest BCUT2D eigenvalue weighted by atomic mass is 16.5. The lowest BCUT2D eigenvalue weighted by molar-refractivity contribution is -0.132. The molecule has 210 valence electrons. The van der Waals surface area contributed by atoms with Crippen LogP contribution in [0.5, 0.6) is 17.2 Å². The Kier molecular flexibility index (Phi) is 12.0. The predicted molar refractivity (Wildman–Crippen MR) is 150 cm³/mol. The van der Waals surface area contributed by atoms with E-state index in [1.165, 1.54) is 57.8 Å². The monoisotopic (exact) mass is 527 g/mol. The summed E-state index contributed by atoms with van der Waals surface area (Å²) in [5.74, 6) is 2.02. The molecule has 0 bridgehead atoms. The van der Waals surface area contributed by atoms with E-state index in [1.54, 1.807) is 38.4 Å². The van der Waals surface area contributed by atoms with Crippen LogP contribution in [0.25, 0.3) is 11.4 Å². The average molecular weight is 528 g/mol. The van der Waals surface area contributed by atoms with Gasteiger partial charge in [0.05, 0.1) is 39.1 Å². The van der Waals surface area contributed by atoms with Crippen molar-refractivity contribution in [3.63, 3.8) is 0 Å². The zero-order chi connectivity index (χ0) is 27.3. The maximum Gasteiger partial charge on any atom is 0.256 e. The Morgan fingerprint density at radius 2 is 1.47 bits per heavy atom. The molecule has 0 atom stereocenters. The molecule has 8 nitrogen and oxygen atoms in total. The minimum absolute atomic E-state index is 0.125. The number of amides is 1. The van der Waals surface area contributed by atoms with E-state index in [2.05, 4.69) is 11.9 Å². The summed E-state index contributed by atoms with van der Waals surface area (Å²) >= 11 is 0. The van der Waals surface area contributed by atoms with Crippen molar-refractivity contribution in [1.29, 1.82) is 0 Å². The number of aromatic nitrogens is 2. The molecule has 0 aliphatic carbocycles. The molecule has 1 aliphatic rings. The zero-order valence-corrected chi connectivity index (χ0v) is 23.7. The summed E-state index contributed by atoms with van der Waals surface area (Å²) in [6, 6.07) is 3.52. The highest BCUT2D eigenvalue weighted by Gasteiger charge is 2.25. The molecule has 1 aliphatic heterocycles. The van der Waals surface area contributed by atoms with Crippen molar-refractivity contribution in [2.45, 2.75) is 96.9 Å². The van der Waals surface area contributed by atoms with Gasteiger partial charge in [-0.3, -0.25) is 9.59 Å². The molecule has 8 heteroatoms.